The zero-order chi connectivity index (χ0) is 15.1. The van der Waals surface area contributed by atoms with Crippen LogP contribution in [-0.4, -0.2) is 26.9 Å². The van der Waals surface area contributed by atoms with Crippen LogP contribution < -0.4 is 0 Å². The topological polar surface area (TPSA) is 72.9 Å². The fourth-order valence-corrected chi connectivity index (χ4v) is 4.12. The van der Waals surface area contributed by atoms with Gasteiger partial charge < -0.3 is 4.55 Å². The third kappa shape index (κ3) is 2.44. The van der Waals surface area contributed by atoms with Gasteiger partial charge in [0, 0.05) is 15.6 Å². The van der Waals surface area contributed by atoms with Crippen LogP contribution >= 0.6 is 28.2 Å². The molecule has 2 heterocycles. The highest BCUT2D eigenvalue weighted by Gasteiger charge is 2.20. The lowest BCUT2D eigenvalue weighted by Crippen LogP contribution is -2.08. The highest BCUT2D eigenvalue weighted by Crippen LogP contribution is 2.32. The van der Waals surface area contributed by atoms with Crippen molar-refractivity contribution in [2.75, 3.05) is 0 Å². The van der Waals surface area contributed by atoms with Gasteiger partial charge in [-0.05, 0) is 41.4 Å². The molecule has 1 unspecified atom stereocenters. The fraction of sp³-hybridized carbons (Fsp3) is 0.167. The molecule has 1 aromatic carbocycles. The largest absolute Gasteiger partial charge is 0.311 e. The molecule has 0 radical (unpaired) electrons. The summed E-state index contributed by atoms with van der Waals surface area (Å²) in [6, 6.07) is 5.98. The lowest BCUT2D eigenvalue weighted by atomic mass is 10.2. The maximum absolute atomic E-state index is 12.8. The van der Waals surface area contributed by atoms with Crippen LogP contribution in [0.3, 0.4) is 0 Å². The van der Waals surface area contributed by atoms with Gasteiger partial charge in [-0.3, -0.25) is 3.97 Å². The molecular formula is C12H11BrN4O2S2. The summed E-state index contributed by atoms with van der Waals surface area (Å²) in [4.78, 5) is 3.98. The number of fused-ring (bicyclic) bond motifs is 1. The van der Waals surface area contributed by atoms with Gasteiger partial charge in [-0.1, -0.05) is 12.1 Å². The first-order valence-corrected chi connectivity index (χ1v) is 8.59. The quantitative estimate of drug-likeness (QED) is 0.699. The van der Waals surface area contributed by atoms with E-state index in [0.29, 0.717) is 12.2 Å². The standard InChI is InChI=1S/C12H11BrN4O2S2/c1-7-3-4-9-10(5-7)17(8(2)11(9)13)21(19)12-14-6-16(15-12)20-18/h3-6,18H,1-2H3. The summed E-state index contributed by atoms with van der Waals surface area (Å²) in [5, 5.41) is 5.10. The van der Waals surface area contributed by atoms with Crippen LogP contribution in [0.2, 0.25) is 0 Å². The number of hydrogen-bond donors (Lipinski definition) is 1. The average Bonchev–Trinajstić information content (AvgIpc) is 3.03. The molecular weight excluding hydrogens is 376 g/mol. The molecule has 0 spiro atoms. The number of aromatic nitrogens is 4. The summed E-state index contributed by atoms with van der Waals surface area (Å²) >= 11 is 3.95. The highest BCUT2D eigenvalue weighted by molar-refractivity contribution is 9.10. The average molecular weight is 387 g/mol. The van der Waals surface area contributed by atoms with Gasteiger partial charge >= 0.3 is 0 Å². The number of benzene rings is 1. The molecule has 3 rings (SSSR count). The molecule has 0 aliphatic rings. The van der Waals surface area contributed by atoms with Crippen molar-refractivity contribution >= 4 is 50.0 Å². The molecule has 6 nitrogen and oxygen atoms in total. The SMILES string of the molecule is Cc1ccc2c(Br)c(C)n(S(=O)c3ncn(SO)n3)c2c1. The summed E-state index contributed by atoms with van der Waals surface area (Å²) < 4.78 is 25.4. The van der Waals surface area contributed by atoms with Crippen molar-refractivity contribution in [3.63, 3.8) is 0 Å². The van der Waals surface area contributed by atoms with E-state index in [1.54, 1.807) is 3.97 Å². The molecule has 3 aromatic rings. The predicted octanol–water partition coefficient (Wildman–Crippen LogP) is 3.15. The second-order valence-corrected chi connectivity index (χ2v) is 7.03. The molecule has 110 valence electrons. The summed E-state index contributed by atoms with van der Waals surface area (Å²) in [5.74, 6) is 0. The monoisotopic (exact) mass is 386 g/mol. The van der Waals surface area contributed by atoms with Gasteiger partial charge in [0.1, 0.15) is 18.6 Å². The number of halogens is 1. The Morgan fingerprint density at radius 1 is 1.38 bits per heavy atom. The van der Waals surface area contributed by atoms with Gasteiger partial charge in [-0.2, -0.15) is 4.09 Å². The van der Waals surface area contributed by atoms with Crippen molar-refractivity contribution in [1.82, 2.24) is 18.1 Å². The summed E-state index contributed by atoms with van der Waals surface area (Å²) in [6.45, 7) is 3.87. The molecule has 0 amide bonds. The van der Waals surface area contributed by atoms with Crippen molar-refractivity contribution < 1.29 is 8.76 Å². The zero-order valence-electron chi connectivity index (χ0n) is 11.1. The smallest absolute Gasteiger partial charge is 0.261 e. The first-order chi connectivity index (χ1) is 10.0. The van der Waals surface area contributed by atoms with Crippen molar-refractivity contribution in [3.8, 4) is 0 Å². The summed E-state index contributed by atoms with van der Waals surface area (Å²) in [6.07, 6.45) is 1.32. The number of rotatable bonds is 3. The second-order valence-electron chi connectivity index (χ2n) is 4.47. The number of hydrogen-bond acceptors (Lipinski definition) is 5. The van der Waals surface area contributed by atoms with Crippen molar-refractivity contribution in [2.24, 2.45) is 0 Å². The fourth-order valence-electron chi connectivity index (χ4n) is 2.11. The van der Waals surface area contributed by atoms with E-state index in [1.807, 2.05) is 32.0 Å². The van der Waals surface area contributed by atoms with E-state index in [-0.39, 0.29) is 5.16 Å². The van der Waals surface area contributed by atoms with Crippen molar-refractivity contribution in [1.29, 1.82) is 0 Å². The van der Waals surface area contributed by atoms with E-state index in [0.717, 1.165) is 30.7 Å². The molecule has 21 heavy (non-hydrogen) atoms. The molecule has 0 saturated carbocycles. The predicted molar refractivity (Wildman–Crippen MR) is 86.6 cm³/mol. The lowest BCUT2D eigenvalue weighted by molar-refractivity contribution is 0.644. The lowest BCUT2D eigenvalue weighted by Gasteiger charge is -2.05. The maximum Gasteiger partial charge on any atom is 0.261 e. The Hall–Kier alpha value is -1.16. The Bertz CT molecular complexity index is 858. The van der Waals surface area contributed by atoms with Crippen LogP contribution in [0.5, 0.6) is 0 Å². The Labute approximate surface area is 136 Å². The molecule has 0 aliphatic carbocycles. The van der Waals surface area contributed by atoms with Crippen molar-refractivity contribution in [2.45, 2.75) is 19.0 Å². The molecule has 1 atom stereocenters. The third-order valence-corrected chi connectivity index (χ3v) is 5.73. The molecule has 1 N–H and O–H groups in total. The van der Waals surface area contributed by atoms with Crippen LogP contribution in [0, 0.1) is 13.8 Å². The Morgan fingerprint density at radius 2 is 2.14 bits per heavy atom. The Balaban J connectivity index is 2.21. The number of aryl methyl sites for hydroxylation is 1. The van der Waals surface area contributed by atoms with Gasteiger partial charge in [-0.15, -0.1) is 5.10 Å². The maximum atomic E-state index is 12.8. The van der Waals surface area contributed by atoms with E-state index in [9.17, 15) is 4.21 Å². The van der Waals surface area contributed by atoms with Crippen LogP contribution in [0.1, 0.15) is 11.3 Å². The molecule has 0 fully saturated rings. The molecule has 9 heteroatoms. The summed E-state index contributed by atoms with van der Waals surface area (Å²) in [5.41, 5.74) is 2.77. The van der Waals surface area contributed by atoms with E-state index < -0.39 is 11.0 Å². The minimum atomic E-state index is -1.58. The van der Waals surface area contributed by atoms with Gasteiger partial charge in [0.15, 0.2) is 11.0 Å². The van der Waals surface area contributed by atoms with Crippen LogP contribution in [0.15, 0.2) is 34.2 Å². The molecule has 0 saturated heterocycles. The minimum absolute atomic E-state index is 0.144. The van der Waals surface area contributed by atoms with Gasteiger partial charge in [0.05, 0.1) is 5.52 Å². The first-order valence-electron chi connectivity index (χ1n) is 5.96. The normalized spacial score (nSPS) is 13.0. The zero-order valence-corrected chi connectivity index (χ0v) is 14.4. The van der Waals surface area contributed by atoms with Crippen LogP contribution in [-0.2, 0) is 11.0 Å². The van der Waals surface area contributed by atoms with Gasteiger partial charge in [0.2, 0.25) is 0 Å². The summed E-state index contributed by atoms with van der Waals surface area (Å²) in [7, 11) is -1.58. The van der Waals surface area contributed by atoms with E-state index in [2.05, 4.69) is 26.0 Å². The Kier molecular flexibility index (Phi) is 3.91. The Morgan fingerprint density at radius 3 is 2.81 bits per heavy atom. The van der Waals surface area contributed by atoms with E-state index in [4.69, 9.17) is 4.55 Å². The first kappa shape index (κ1) is 14.8. The number of nitrogens with zero attached hydrogens (tertiary/aromatic N) is 4. The van der Waals surface area contributed by atoms with Crippen LogP contribution in [0.4, 0.5) is 0 Å². The highest BCUT2D eigenvalue weighted by atomic mass is 79.9. The molecule has 0 aliphatic heterocycles. The molecule has 2 aromatic heterocycles. The van der Waals surface area contributed by atoms with Crippen LogP contribution in [0.25, 0.3) is 10.9 Å². The third-order valence-electron chi connectivity index (χ3n) is 3.09. The van der Waals surface area contributed by atoms with Crippen molar-refractivity contribution in [3.05, 3.63) is 40.3 Å². The van der Waals surface area contributed by atoms with Gasteiger partial charge in [-0.25, -0.2) is 9.19 Å². The minimum Gasteiger partial charge on any atom is -0.311 e. The molecule has 0 bridgehead atoms. The van der Waals surface area contributed by atoms with E-state index in [1.165, 1.54) is 6.33 Å². The van der Waals surface area contributed by atoms with Gasteiger partial charge in [0.25, 0.3) is 5.16 Å². The van der Waals surface area contributed by atoms with E-state index >= 15 is 0 Å². The second kappa shape index (κ2) is 5.56.